The highest BCUT2D eigenvalue weighted by Crippen LogP contribution is 2.09. The third-order valence-corrected chi connectivity index (χ3v) is 3.56. The van der Waals surface area contributed by atoms with Crippen LogP contribution in [0.1, 0.15) is 11.3 Å². The summed E-state index contributed by atoms with van der Waals surface area (Å²) < 4.78 is 3.24. The van der Waals surface area contributed by atoms with E-state index in [1.54, 1.807) is 47.8 Å². The second-order valence-corrected chi connectivity index (χ2v) is 5.18. The summed E-state index contributed by atoms with van der Waals surface area (Å²) in [5.41, 5.74) is 2.78. The first kappa shape index (κ1) is 14.1. The molecular weight excluding hydrogens is 302 g/mol. The van der Waals surface area contributed by atoms with E-state index < -0.39 is 0 Å². The zero-order chi connectivity index (χ0) is 16.4. The molecule has 0 atom stereocenters. The van der Waals surface area contributed by atoms with Gasteiger partial charge in [0.2, 0.25) is 0 Å². The highest BCUT2D eigenvalue weighted by Gasteiger charge is 2.07. The van der Waals surface area contributed by atoms with Crippen molar-refractivity contribution in [3.63, 3.8) is 0 Å². The summed E-state index contributed by atoms with van der Waals surface area (Å²) in [5, 5.41) is 0. The molecule has 24 heavy (non-hydrogen) atoms. The summed E-state index contributed by atoms with van der Waals surface area (Å²) >= 11 is 0. The van der Waals surface area contributed by atoms with Crippen molar-refractivity contribution in [2.75, 3.05) is 0 Å². The lowest BCUT2D eigenvalue weighted by molar-refractivity contribution is 0.760. The molecule has 6 heteroatoms. The van der Waals surface area contributed by atoms with Crippen LogP contribution < -0.4 is 5.56 Å². The molecule has 116 valence electrons. The van der Waals surface area contributed by atoms with E-state index in [1.165, 1.54) is 10.6 Å². The number of fused-ring (bicyclic) bond motifs is 1. The van der Waals surface area contributed by atoms with E-state index in [2.05, 4.69) is 15.0 Å². The lowest BCUT2D eigenvalue weighted by Gasteiger charge is -2.05. The Labute approximate surface area is 137 Å². The van der Waals surface area contributed by atoms with Crippen molar-refractivity contribution < 1.29 is 0 Å². The van der Waals surface area contributed by atoms with Gasteiger partial charge in [-0.25, -0.2) is 4.98 Å². The van der Waals surface area contributed by atoms with Gasteiger partial charge in [-0.05, 0) is 29.8 Å². The fourth-order valence-electron chi connectivity index (χ4n) is 2.47. The van der Waals surface area contributed by atoms with Crippen LogP contribution in [0.4, 0.5) is 0 Å². The van der Waals surface area contributed by atoms with Crippen LogP contribution in [0.3, 0.4) is 0 Å². The largest absolute Gasteiger partial charge is 0.273 e. The maximum Gasteiger partial charge on any atom is 0.273 e. The molecule has 4 heterocycles. The normalized spacial score (nSPS) is 11.3. The molecule has 0 fully saturated rings. The smallest absolute Gasteiger partial charge is 0.267 e. The summed E-state index contributed by atoms with van der Waals surface area (Å²) in [6.07, 6.45) is 12.3. The predicted octanol–water partition coefficient (Wildman–Crippen LogP) is 2.45. The molecular formula is C18H13N5O. The van der Waals surface area contributed by atoms with Crippen LogP contribution in [0.5, 0.6) is 0 Å². The van der Waals surface area contributed by atoms with E-state index in [4.69, 9.17) is 0 Å². The molecule has 0 amide bonds. The van der Waals surface area contributed by atoms with E-state index >= 15 is 0 Å². The Morgan fingerprint density at radius 1 is 0.958 bits per heavy atom. The van der Waals surface area contributed by atoms with E-state index in [1.807, 2.05) is 30.3 Å². The van der Waals surface area contributed by atoms with E-state index in [9.17, 15) is 4.79 Å². The van der Waals surface area contributed by atoms with Crippen LogP contribution >= 0.6 is 0 Å². The standard InChI is InChI=1S/C18H13N5O/c24-18-11-15(6-5-14-3-1-8-19-12-14)21-17-7-10-22(23(17)18)16-4-2-9-20-13-16/h1-13H. The van der Waals surface area contributed by atoms with Gasteiger partial charge in [-0.2, -0.15) is 4.52 Å². The highest BCUT2D eigenvalue weighted by molar-refractivity contribution is 5.68. The molecule has 0 unspecified atom stereocenters. The van der Waals surface area contributed by atoms with Gasteiger partial charge in [-0.15, -0.1) is 0 Å². The number of nitrogens with zero attached hydrogens (tertiary/aromatic N) is 5. The molecule has 4 aromatic rings. The second-order valence-electron chi connectivity index (χ2n) is 5.18. The average molecular weight is 315 g/mol. The molecule has 0 aliphatic heterocycles. The Morgan fingerprint density at radius 3 is 2.54 bits per heavy atom. The average Bonchev–Trinajstić information content (AvgIpc) is 3.06. The van der Waals surface area contributed by atoms with Crippen molar-refractivity contribution in [1.29, 1.82) is 0 Å². The Balaban J connectivity index is 1.77. The van der Waals surface area contributed by atoms with E-state index in [0.29, 0.717) is 11.3 Å². The molecule has 0 aliphatic rings. The summed E-state index contributed by atoms with van der Waals surface area (Å²) in [4.78, 5) is 25.2. The molecule has 0 radical (unpaired) electrons. The molecule has 4 rings (SSSR count). The first-order valence-corrected chi connectivity index (χ1v) is 7.41. The van der Waals surface area contributed by atoms with E-state index in [0.717, 1.165) is 11.3 Å². The van der Waals surface area contributed by atoms with Gasteiger partial charge in [0.1, 0.15) is 0 Å². The van der Waals surface area contributed by atoms with Crippen LogP contribution in [-0.4, -0.2) is 24.1 Å². The molecule has 0 N–H and O–H groups in total. The summed E-state index contributed by atoms with van der Waals surface area (Å²) in [5.74, 6) is 0. The molecule has 6 nitrogen and oxygen atoms in total. The Bertz CT molecular complexity index is 1060. The van der Waals surface area contributed by atoms with Gasteiger partial charge in [0.15, 0.2) is 5.65 Å². The van der Waals surface area contributed by atoms with Crippen molar-refractivity contribution in [2.45, 2.75) is 0 Å². The van der Waals surface area contributed by atoms with Gasteiger partial charge in [0, 0.05) is 36.9 Å². The Morgan fingerprint density at radius 2 is 1.79 bits per heavy atom. The fraction of sp³-hybridized carbons (Fsp3) is 0. The van der Waals surface area contributed by atoms with Crippen molar-refractivity contribution >= 4 is 17.8 Å². The third kappa shape index (κ3) is 2.61. The van der Waals surface area contributed by atoms with Crippen molar-refractivity contribution in [1.82, 2.24) is 24.1 Å². The summed E-state index contributed by atoms with van der Waals surface area (Å²) in [6, 6.07) is 10.8. The molecule has 0 bridgehead atoms. The van der Waals surface area contributed by atoms with Gasteiger partial charge >= 0.3 is 0 Å². The van der Waals surface area contributed by atoms with Gasteiger partial charge in [-0.1, -0.05) is 12.1 Å². The van der Waals surface area contributed by atoms with Crippen molar-refractivity contribution in [3.05, 3.63) is 89.0 Å². The van der Waals surface area contributed by atoms with Crippen LogP contribution in [-0.2, 0) is 0 Å². The van der Waals surface area contributed by atoms with Crippen molar-refractivity contribution in [2.24, 2.45) is 0 Å². The maximum atomic E-state index is 12.5. The van der Waals surface area contributed by atoms with Gasteiger partial charge in [0.25, 0.3) is 5.56 Å². The van der Waals surface area contributed by atoms with Gasteiger partial charge in [0.05, 0.1) is 17.6 Å². The van der Waals surface area contributed by atoms with Crippen LogP contribution in [0.2, 0.25) is 0 Å². The second kappa shape index (κ2) is 5.92. The zero-order valence-electron chi connectivity index (χ0n) is 12.6. The fourth-order valence-corrected chi connectivity index (χ4v) is 2.47. The number of rotatable bonds is 3. The lowest BCUT2D eigenvalue weighted by Crippen LogP contribution is -2.20. The zero-order valence-corrected chi connectivity index (χ0v) is 12.6. The van der Waals surface area contributed by atoms with Crippen LogP contribution in [0, 0.1) is 0 Å². The summed E-state index contributed by atoms with van der Waals surface area (Å²) in [7, 11) is 0. The SMILES string of the molecule is O=c1cc(C=Cc2cccnc2)nc2ccn(-c3cccnc3)n12. The maximum absolute atomic E-state index is 12.5. The lowest BCUT2D eigenvalue weighted by atomic mass is 10.2. The Hall–Kier alpha value is -3.54. The molecule has 4 aromatic heterocycles. The topological polar surface area (TPSA) is 65.1 Å². The minimum atomic E-state index is -0.153. The minimum Gasteiger partial charge on any atom is -0.267 e. The summed E-state index contributed by atoms with van der Waals surface area (Å²) in [6.45, 7) is 0. The third-order valence-electron chi connectivity index (χ3n) is 3.56. The molecule has 0 saturated carbocycles. The quantitative estimate of drug-likeness (QED) is 0.582. The Kier molecular flexibility index (Phi) is 3.47. The van der Waals surface area contributed by atoms with Crippen LogP contribution in [0.15, 0.2) is 72.2 Å². The number of pyridine rings is 2. The van der Waals surface area contributed by atoms with Crippen LogP contribution in [0.25, 0.3) is 23.5 Å². The highest BCUT2D eigenvalue weighted by atomic mass is 16.1. The number of aromatic nitrogens is 5. The van der Waals surface area contributed by atoms with Gasteiger partial charge < -0.3 is 0 Å². The van der Waals surface area contributed by atoms with E-state index in [-0.39, 0.29) is 5.56 Å². The number of hydrogen-bond donors (Lipinski definition) is 0. The first-order valence-electron chi connectivity index (χ1n) is 7.41. The minimum absolute atomic E-state index is 0.153. The molecule has 0 saturated heterocycles. The van der Waals surface area contributed by atoms with Gasteiger partial charge in [-0.3, -0.25) is 19.4 Å². The molecule has 0 aromatic carbocycles. The predicted molar refractivity (Wildman–Crippen MR) is 91.7 cm³/mol. The monoisotopic (exact) mass is 315 g/mol. The van der Waals surface area contributed by atoms with Crippen molar-refractivity contribution in [3.8, 4) is 5.69 Å². The molecule has 0 aliphatic carbocycles. The first-order chi connectivity index (χ1) is 11.8. The number of hydrogen-bond acceptors (Lipinski definition) is 4. The molecule has 0 spiro atoms.